The maximum Gasteiger partial charge on any atom is 0.222 e. The third-order valence-electron chi connectivity index (χ3n) is 5.29. The summed E-state index contributed by atoms with van der Waals surface area (Å²) in [5.74, 6) is 2.27. The summed E-state index contributed by atoms with van der Waals surface area (Å²) in [6.07, 6.45) is 4.21. The summed E-state index contributed by atoms with van der Waals surface area (Å²) in [6, 6.07) is 0.491. The summed E-state index contributed by atoms with van der Waals surface area (Å²) in [5.41, 5.74) is 9.27. The van der Waals surface area contributed by atoms with Crippen LogP contribution in [0.25, 0.3) is 11.1 Å². The smallest absolute Gasteiger partial charge is 0.222 e. The lowest BCUT2D eigenvalue weighted by Crippen LogP contribution is -2.30. The van der Waals surface area contributed by atoms with Crippen LogP contribution in [0.5, 0.6) is 0 Å². The molecule has 0 bridgehead atoms. The topological polar surface area (TPSA) is 80.2 Å². The van der Waals surface area contributed by atoms with Crippen LogP contribution in [0, 0.1) is 5.41 Å². The van der Waals surface area contributed by atoms with Gasteiger partial charge in [-0.1, -0.05) is 13.8 Å². The number of hydrogen-bond donors (Lipinski definition) is 2. The fourth-order valence-electron chi connectivity index (χ4n) is 3.88. The van der Waals surface area contributed by atoms with Crippen molar-refractivity contribution in [2.45, 2.75) is 45.6 Å². The Labute approximate surface area is 148 Å². The lowest BCUT2D eigenvalue weighted by Gasteiger charge is -2.28. The van der Waals surface area contributed by atoms with Crippen LogP contribution in [0.4, 0.5) is 11.8 Å². The number of anilines is 2. The lowest BCUT2D eigenvalue weighted by molar-refractivity contribution is 0.298. The van der Waals surface area contributed by atoms with Crippen molar-refractivity contribution >= 4 is 35.3 Å². The largest absolute Gasteiger partial charge is 0.455 e. The second-order valence-corrected chi connectivity index (χ2v) is 7.65. The van der Waals surface area contributed by atoms with Crippen LogP contribution in [-0.2, 0) is 12.8 Å². The normalized spacial score (nSPS) is 22.5. The molecule has 1 fully saturated rings. The summed E-state index contributed by atoms with van der Waals surface area (Å²) >= 11 is 0. The Balaban J connectivity index is 0.00000169. The number of nitrogen functional groups attached to an aromatic ring is 1. The van der Waals surface area contributed by atoms with Gasteiger partial charge in [-0.05, 0) is 31.7 Å². The molecule has 2 aliphatic rings. The summed E-state index contributed by atoms with van der Waals surface area (Å²) in [7, 11) is 2.01. The SMILES string of the molecule is CN[C@@H]1CCN(c2nc(N)nc3c4c(oc23)CCC(C)(C)C4)C1.Cl. The van der Waals surface area contributed by atoms with Gasteiger partial charge in [0.25, 0.3) is 0 Å². The molecule has 3 heterocycles. The molecule has 1 atom stereocenters. The van der Waals surface area contributed by atoms with Gasteiger partial charge in [-0.3, -0.25) is 0 Å². The van der Waals surface area contributed by atoms with Gasteiger partial charge in [-0.15, -0.1) is 12.4 Å². The highest BCUT2D eigenvalue weighted by Crippen LogP contribution is 2.41. The van der Waals surface area contributed by atoms with E-state index in [1.807, 2.05) is 7.05 Å². The van der Waals surface area contributed by atoms with E-state index in [1.165, 1.54) is 5.56 Å². The highest BCUT2D eigenvalue weighted by Gasteiger charge is 2.33. The molecular weight excluding hydrogens is 326 g/mol. The van der Waals surface area contributed by atoms with Gasteiger partial charge in [0, 0.05) is 31.1 Å². The van der Waals surface area contributed by atoms with Crippen LogP contribution in [0.1, 0.15) is 38.0 Å². The average Bonchev–Trinajstić information content (AvgIpc) is 3.10. The predicted molar refractivity (Wildman–Crippen MR) is 98.9 cm³/mol. The number of nitrogens with one attached hydrogen (secondary N) is 1. The van der Waals surface area contributed by atoms with Gasteiger partial charge >= 0.3 is 0 Å². The van der Waals surface area contributed by atoms with Crippen LogP contribution in [0.3, 0.4) is 0 Å². The molecule has 2 aromatic rings. The number of aryl methyl sites for hydroxylation is 1. The van der Waals surface area contributed by atoms with E-state index in [2.05, 4.69) is 34.0 Å². The van der Waals surface area contributed by atoms with Crippen molar-refractivity contribution < 1.29 is 4.42 Å². The van der Waals surface area contributed by atoms with E-state index in [1.54, 1.807) is 0 Å². The molecule has 7 heteroatoms. The zero-order chi connectivity index (χ0) is 16.2. The van der Waals surface area contributed by atoms with Crippen molar-refractivity contribution in [3.8, 4) is 0 Å². The van der Waals surface area contributed by atoms with Gasteiger partial charge in [0.2, 0.25) is 5.95 Å². The molecule has 6 nitrogen and oxygen atoms in total. The number of rotatable bonds is 2. The van der Waals surface area contributed by atoms with Gasteiger partial charge in [0.05, 0.1) is 0 Å². The molecule has 0 spiro atoms. The van der Waals surface area contributed by atoms with Crippen molar-refractivity contribution in [2.75, 3.05) is 30.8 Å². The first kappa shape index (κ1) is 17.3. The number of halogens is 1. The fraction of sp³-hybridized carbons (Fsp3) is 0.647. The highest BCUT2D eigenvalue weighted by atomic mass is 35.5. The Hall–Kier alpha value is -1.53. The summed E-state index contributed by atoms with van der Waals surface area (Å²) in [4.78, 5) is 11.3. The molecule has 0 saturated carbocycles. The monoisotopic (exact) mass is 351 g/mol. The zero-order valence-corrected chi connectivity index (χ0v) is 15.4. The van der Waals surface area contributed by atoms with Crippen LogP contribution in [-0.4, -0.2) is 36.1 Å². The number of aromatic nitrogens is 2. The molecule has 0 aromatic carbocycles. The molecule has 1 saturated heterocycles. The van der Waals surface area contributed by atoms with E-state index in [9.17, 15) is 0 Å². The minimum atomic E-state index is 0. The lowest BCUT2D eigenvalue weighted by atomic mass is 9.76. The maximum atomic E-state index is 6.21. The third kappa shape index (κ3) is 2.82. The standard InChI is InChI=1S/C17H25N5O.ClH/c1-17(2)6-4-12-11(8-17)13-14(23-12)15(21-16(18)20-13)22-7-5-10(9-22)19-3;/h10,19H,4-9H2,1-3H3,(H2,18,20,21);1H/t10-;/m1./s1. The first-order chi connectivity index (χ1) is 11.0. The Bertz CT molecular complexity index is 757. The minimum absolute atomic E-state index is 0. The van der Waals surface area contributed by atoms with Crippen molar-refractivity contribution in [1.29, 1.82) is 0 Å². The molecular formula is C17H26ClN5O. The van der Waals surface area contributed by atoms with Crippen molar-refractivity contribution in [3.63, 3.8) is 0 Å². The van der Waals surface area contributed by atoms with E-state index in [0.717, 1.165) is 61.5 Å². The summed E-state index contributed by atoms with van der Waals surface area (Å²) in [6.45, 7) is 6.50. The molecule has 0 unspecified atom stereocenters. The second kappa shape index (κ2) is 6.08. The number of furan rings is 1. The number of nitrogens with two attached hydrogens (primary N) is 1. The van der Waals surface area contributed by atoms with Crippen LogP contribution < -0.4 is 16.0 Å². The van der Waals surface area contributed by atoms with Crippen LogP contribution in [0.2, 0.25) is 0 Å². The Kier molecular flexibility index (Phi) is 4.38. The quantitative estimate of drug-likeness (QED) is 0.865. The Morgan fingerprint density at radius 2 is 2.12 bits per heavy atom. The molecule has 132 valence electrons. The molecule has 3 N–H and O–H groups in total. The Morgan fingerprint density at radius 1 is 1.33 bits per heavy atom. The highest BCUT2D eigenvalue weighted by molar-refractivity contribution is 5.89. The predicted octanol–water partition coefficient (Wildman–Crippen LogP) is 2.54. The molecule has 1 aliphatic heterocycles. The minimum Gasteiger partial charge on any atom is -0.455 e. The van der Waals surface area contributed by atoms with Crippen LogP contribution in [0.15, 0.2) is 4.42 Å². The average molecular weight is 352 g/mol. The summed E-state index contributed by atoms with van der Waals surface area (Å²) < 4.78 is 6.21. The molecule has 0 amide bonds. The number of likely N-dealkylation sites (N-methyl/N-ethyl adjacent to an activating group) is 1. The number of hydrogen-bond acceptors (Lipinski definition) is 6. The molecule has 0 radical (unpaired) electrons. The third-order valence-corrected chi connectivity index (χ3v) is 5.29. The van der Waals surface area contributed by atoms with Crippen molar-refractivity contribution in [3.05, 3.63) is 11.3 Å². The van der Waals surface area contributed by atoms with Gasteiger partial charge in [-0.2, -0.15) is 4.98 Å². The maximum absolute atomic E-state index is 6.21. The number of fused-ring (bicyclic) bond motifs is 3. The van der Waals surface area contributed by atoms with E-state index in [4.69, 9.17) is 10.2 Å². The second-order valence-electron chi connectivity index (χ2n) is 7.65. The first-order valence-corrected chi connectivity index (χ1v) is 8.47. The van der Waals surface area contributed by atoms with Gasteiger partial charge in [0.1, 0.15) is 11.3 Å². The molecule has 4 rings (SSSR count). The first-order valence-electron chi connectivity index (χ1n) is 8.47. The van der Waals surface area contributed by atoms with E-state index in [-0.39, 0.29) is 17.8 Å². The van der Waals surface area contributed by atoms with Gasteiger partial charge in [0.15, 0.2) is 11.4 Å². The molecule has 2 aromatic heterocycles. The van der Waals surface area contributed by atoms with Gasteiger partial charge in [-0.25, -0.2) is 4.98 Å². The zero-order valence-electron chi connectivity index (χ0n) is 14.6. The molecule has 24 heavy (non-hydrogen) atoms. The van der Waals surface area contributed by atoms with Crippen molar-refractivity contribution in [1.82, 2.24) is 15.3 Å². The Morgan fingerprint density at radius 3 is 2.83 bits per heavy atom. The molecule has 1 aliphatic carbocycles. The van der Waals surface area contributed by atoms with Crippen LogP contribution >= 0.6 is 12.4 Å². The fourth-order valence-corrected chi connectivity index (χ4v) is 3.88. The summed E-state index contributed by atoms with van der Waals surface area (Å²) in [5, 5.41) is 3.34. The van der Waals surface area contributed by atoms with E-state index >= 15 is 0 Å². The van der Waals surface area contributed by atoms with E-state index in [0.29, 0.717) is 12.0 Å². The van der Waals surface area contributed by atoms with Gasteiger partial charge < -0.3 is 20.4 Å². The number of nitrogens with zero attached hydrogens (tertiary/aromatic N) is 3. The van der Waals surface area contributed by atoms with E-state index < -0.39 is 0 Å². The van der Waals surface area contributed by atoms with Crippen molar-refractivity contribution in [2.24, 2.45) is 5.41 Å².